The van der Waals surface area contributed by atoms with Crippen molar-refractivity contribution in [3.8, 4) is 0 Å². The van der Waals surface area contributed by atoms with Gasteiger partial charge in [-0.25, -0.2) is 26.1 Å². The van der Waals surface area contributed by atoms with Gasteiger partial charge in [0, 0.05) is 18.3 Å². The zero-order valence-corrected chi connectivity index (χ0v) is 24.7. The number of sulfone groups is 1. The summed E-state index contributed by atoms with van der Waals surface area (Å²) >= 11 is 1.37. The normalized spacial score (nSPS) is 14.5. The van der Waals surface area contributed by atoms with Gasteiger partial charge in [-0.1, -0.05) is 50.2 Å². The Morgan fingerprint density at radius 2 is 1.70 bits per heavy atom. The number of nitrogens with two attached hydrogens (primary N) is 1. The van der Waals surface area contributed by atoms with Crippen molar-refractivity contribution in [2.24, 2.45) is 17.6 Å². The van der Waals surface area contributed by atoms with Crippen LogP contribution in [-0.4, -0.2) is 54.7 Å². The molecule has 4 aromatic rings. The van der Waals surface area contributed by atoms with E-state index in [1.807, 2.05) is 30.3 Å². The molecule has 12 heteroatoms. The molecule has 2 aromatic heterocycles. The molecule has 0 aliphatic rings. The van der Waals surface area contributed by atoms with Crippen molar-refractivity contribution >= 4 is 47.3 Å². The predicted molar refractivity (Wildman–Crippen MR) is 157 cm³/mol. The summed E-state index contributed by atoms with van der Waals surface area (Å²) in [4.78, 5) is 22.0. The van der Waals surface area contributed by atoms with Crippen LogP contribution in [0.2, 0.25) is 0 Å². The largest absolute Gasteiger partial charge is 0.310 e. The lowest BCUT2D eigenvalue weighted by Gasteiger charge is -2.34. The monoisotopic (exact) mass is 600 g/mol. The number of sulfonamides is 1. The highest BCUT2D eigenvalue weighted by atomic mass is 32.2. The van der Waals surface area contributed by atoms with Crippen molar-refractivity contribution in [1.82, 2.24) is 14.3 Å². The first kappa shape index (κ1) is 29.8. The van der Waals surface area contributed by atoms with Crippen molar-refractivity contribution in [2.75, 3.05) is 11.5 Å². The van der Waals surface area contributed by atoms with Crippen LogP contribution in [0.5, 0.6) is 0 Å². The lowest BCUT2D eigenvalue weighted by molar-refractivity contribution is -0.131. The third-order valence-electron chi connectivity index (χ3n) is 6.65. The molecule has 1 unspecified atom stereocenters. The SMILES string of the molecule is CC(CS(=O)(=O)CCc1ccccn1)C(=O)N([C@H](N)[C@@H](C)Cc1ccccc1)S(=O)(=O)c1ccc2scnc2c1. The van der Waals surface area contributed by atoms with Gasteiger partial charge in [0.25, 0.3) is 10.0 Å². The molecule has 4 rings (SSSR count). The third kappa shape index (κ3) is 7.11. The number of carbonyl (C=O) groups excluding carboxylic acids is 1. The molecule has 2 heterocycles. The molecule has 212 valence electrons. The van der Waals surface area contributed by atoms with Gasteiger partial charge in [0.05, 0.1) is 44.2 Å². The molecule has 0 spiro atoms. The molecule has 0 bridgehead atoms. The van der Waals surface area contributed by atoms with Crippen molar-refractivity contribution in [2.45, 2.75) is 37.8 Å². The van der Waals surface area contributed by atoms with Gasteiger partial charge in [-0.15, -0.1) is 11.3 Å². The summed E-state index contributed by atoms with van der Waals surface area (Å²) in [5, 5.41) is 0. The van der Waals surface area contributed by atoms with Gasteiger partial charge in [-0.3, -0.25) is 9.78 Å². The molecular weight excluding hydrogens is 569 g/mol. The highest BCUT2D eigenvalue weighted by Crippen LogP contribution is 2.28. The Kier molecular flexibility index (Phi) is 9.34. The summed E-state index contributed by atoms with van der Waals surface area (Å²) in [6, 6.07) is 19.1. The molecule has 0 saturated carbocycles. The van der Waals surface area contributed by atoms with Gasteiger partial charge in [0.2, 0.25) is 5.91 Å². The minimum absolute atomic E-state index is 0.133. The van der Waals surface area contributed by atoms with Gasteiger partial charge >= 0.3 is 0 Å². The van der Waals surface area contributed by atoms with E-state index in [2.05, 4.69) is 9.97 Å². The number of amides is 1. The minimum Gasteiger partial charge on any atom is -0.310 e. The summed E-state index contributed by atoms with van der Waals surface area (Å²) in [6.07, 6.45) is 0.955. The number of thiazole rings is 1. The van der Waals surface area contributed by atoms with Crippen LogP contribution < -0.4 is 5.73 Å². The molecular formula is C28H32N4O5S3. The van der Waals surface area contributed by atoms with Gasteiger partial charge in [0.15, 0.2) is 9.84 Å². The van der Waals surface area contributed by atoms with Crippen molar-refractivity contribution in [3.63, 3.8) is 0 Å². The lowest BCUT2D eigenvalue weighted by Crippen LogP contribution is -2.55. The summed E-state index contributed by atoms with van der Waals surface area (Å²) in [5.74, 6) is -3.22. The van der Waals surface area contributed by atoms with Crippen LogP contribution >= 0.6 is 11.3 Å². The van der Waals surface area contributed by atoms with E-state index in [1.165, 1.54) is 30.4 Å². The fraction of sp³-hybridized carbons (Fsp3) is 0.321. The number of fused-ring (bicyclic) bond motifs is 1. The molecule has 0 aliphatic heterocycles. The topological polar surface area (TPSA) is 140 Å². The second-order valence-electron chi connectivity index (χ2n) is 9.87. The molecule has 40 heavy (non-hydrogen) atoms. The highest BCUT2D eigenvalue weighted by Gasteiger charge is 2.39. The van der Waals surface area contributed by atoms with Crippen LogP contribution in [0.4, 0.5) is 0 Å². The fourth-order valence-corrected chi connectivity index (χ4v) is 8.36. The Hall–Kier alpha value is -3.19. The minimum atomic E-state index is -4.44. The molecule has 2 N–H and O–H groups in total. The second-order valence-corrected chi connectivity index (χ2v) is 14.8. The molecule has 0 aliphatic carbocycles. The van der Waals surface area contributed by atoms with Crippen LogP contribution in [0.15, 0.2) is 83.3 Å². The first-order chi connectivity index (χ1) is 19.0. The standard InChI is InChI=1S/C28H32N4O5S3/c1-20(16-22-8-4-3-5-9-22)27(29)32(40(36,37)24-11-12-26-25(17-24)31-19-38-26)28(33)21(2)18-39(34,35)15-13-23-10-6-7-14-30-23/h3-12,14,17,19-21,27H,13,15-16,18,29H2,1-2H3/t20-,21?,27-/m0/s1. The highest BCUT2D eigenvalue weighted by molar-refractivity contribution is 7.91. The number of nitrogens with zero attached hydrogens (tertiary/aromatic N) is 3. The van der Waals surface area contributed by atoms with E-state index >= 15 is 0 Å². The number of rotatable bonds is 12. The molecule has 9 nitrogen and oxygen atoms in total. The van der Waals surface area contributed by atoms with Gasteiger partial charge in [-0.05, 0) is 48.2 Å². The Morgan fingerprint density at radius 3 is 2.40 bits per heavy atom. The first-order valence-corrected chi connectivity index (χ1v) is 16.9. The van der Waals surface area contributed by atoms with Crippen LogP contribution in [-0.2, 0) is 37.5 Å². The van der Waals surface area contributed by atoms with Crippen LogP contribution in [0.1, 0.15) is 25.1 Å². The Labute approximate surface area is 239 Å². The molecule has 0 saturated heterocycles. The number of hydrogen-bond donors (Lipinski definition) is 1. The summed E-state index contributed by atoms with van der Waals surface area (Å²) in [7, 11) is -8.16. The van der Waals surface area contributed by atoms with Crippen LogP contribution in [0.25, 0.3) is 10.2 Å². The summed E-state index contributed by atoms with van der Waals surface area (Å²) in [6.45, 7) is 3.19. The van der Waals surface area contributed by atoms with Crippen molar-refractivity contribution < 1.29 is 21.6 Å². The fourth-order valence-electron chi connectivity index (χ4n) is 4.43. The Bertz CT molecular complexity index is 1660. The summed E-state index contributed by atoms with van der Waals surface area (Å²) in [5.41, 5.74) is 10.2. The average Bonchev–Trinajstić information content (AvgIpc) is 3.41. The van der Waals surface area contributed by atoms with Gasteiger partial charge < -0.3 is 5.73 Å². The van der Waals surface area contributed by atoms with E-state index in [4.69, 9.17) is 5.73 Å². The maximum absolute atomic E-state index is 14.0. The van der Waals surface area contributed by atoms with Gasteiger partial charge in [0.1, 0.15) is 0 Å². The molecule has 0 fully saturated rings. The number of aryl methyl sites for hydroxylation is 1. The molecule has 3 atom stereocenters. The van der Waals surface area contributed by atoms with E-state index in [9.17, 15) is 21.6 Å². The summed E-state index contributed by atoms with van der Waals surface area (Å²) < 4.78 is 55.3. The van der Waals surface area contributed by atoms with E-state index in [-0.39, 0.29) is 17.1 Å². The van der Waals surface area contributed by atoms with Crippen molar-refractivity contribution in [3.05, 3.63) is 89.7 Å². The number of hydrogen-bond acceptors (Lipinski definition) is 9. The number of pyridine rings is 1. The average molecular weight is 601 g/mol. The number of carbonyl (C=O) groups is 1. The smallest absolute Gasteiger partial charge is 0.267 e. The molecule has 0 radical (unpaired) electrons. The second kappa shape index (κ2) is 12.5. The number of aromatic nitrogens is 2. The predicted octanol–water partition coefficient (Wildman–Crippen LogP) is 3.67. The van der Waals surface area contributed by atoms with Crippen LogP contribution in [0, 0.1) is 11.8 Å². The Morgan fingerprint density at radius 1 is 0.975 bits per heavy atom. The lowest BCUT2D eigenvalue weighted by atomic mass is 9.98. The Balaban J connectivity index is 1.61. The first-order valence-electron chi connectivity index (χ1n) is 12.8. The third-order valence-corrected chi connectivity index (χ3v) is 11.1. The van der Waals surface area contributed by atoms with E-state index < -0.39 is 49.5 Å². The van der Waals surface area contributed by atoms with E-state index in [0.717, 1.165) is 10.3 Å². The number of benzene rings is 2. The quantitative estimate of drug-likeness (QED) is 0.243. The van der Waals surface area contributed by atoms with E-state index in [1.54, 1.807) is 42.9 Å². The maximum atomic E-state index is 14.0. The van der Waals surface area contributed by atoms with Gasteiger partial charge in [-0.2, -0.15) is 0 Å². The zero-order chi connectivity index (χ0) is 28.9. The molecule has 2 aromatic carbocycles. The maximum Gasteiger partial charge on any atom is 0.267 e. The zero-order valence-electron chi connectivity index (χ0n) is 22.3. The molecule has 1 amide bonds. The van der Waals surface area contributed by atoms with Crippen LogP contribution in [0.3, 0.4) is 0 Å². The van der Waals surface area contributed by atoms with Crippen molar-refractivity contribution in [1.29, 1.82) is 0 Å². The van der Waals surface area contributed by atoms with E-state index in [0.29, 0.717) is 21.9 Å².